The molecule has 1 aromatic rings. The standard InChI is InChI=1S/C20H27NO3S/c1-5-7-8-13-21-19(22)17(18(20(21)23)25-14(3)4)15-9-11-16(12-10-15)24-6-2/h9-12,14H,5-8,13H2,1-4H3. The summed E-state index contributed by atoms with van der Waals surface area (Å²) in [5, 5.41) is 0.236. The zero-order valence-corrected chi connectivity index (χ0v) is 16.3. The predicted octanol–water partition coefficient (Wildman–Crippen LogP) is 4.50. The number of benzene rings is 1. The third-order valence-corrected chi connectivity index (χ3v) is 5.00. The van der Waals surface area contributed by atoms with Crippen molar-refractivity contribution in [1.29, 1.82) is 0 Å². The minimum Gasteiger partial charge on any atom is -0.494 e. The number of amides is 2. The van der Waals surface area contributed by atoms with E-state index in [9.17, 15) is 9.59 Å². The second-order valence-corrected chi connectivity index (χ2v) is 7.88. The van der Waals surface area contributed by atoms with Gasteiger partial charge in [0.15, 0.2) is 0 Å². The van der Waals surface area contributed by atoms with E-state index in [0.29, 0.717) is 23.6 Å². The second kappa shape index (κ2) is 9.09. The summed E-state index contributed by atoms with van der Waals surface area (Å²) in [7, 11) is 0. The monoisotopic (exact) mass is 361 g/mol. The van der Waals surface area contributed by atoms with E-state index in [1.165, 1.54) is 16.7 Å². The Morgan fingerprint density at radius 3 is 2.28 bits per heavy atom. The molecular formula is C20H27NO3S. The fraction of sp³-hybridized carbons (Fsp3) is 0.500. The van der Waals surface area contributed by atoms with E-state index >= 15 is 0 Å². The van der Waals surface area contributed by atoms with Gasteiger partial charge in [-0.15, -0.1) is 11.8 Å². The molecule has 1 heterocycles. The maximum Gasteiger partial charge on any atom is 0.267 e. The van der Waals surface area contributed by atoms with Gasteiger partial charge in [0, 0.05) is 11.8 Å². The molecule has 1 aromatic carbocycles. The largest absolute Gasteiger partial charge is 0.494 e. The number of imide groups is 1. The Hall–Kier alpha value is -1.75. The number of ether oxygens (including phenoxy) is 1. The van der Waals surface area contributed by atoms with Crippen molar-refractivity contribution < 1.29 is 14.3 Å². The first-order valence-corrected chi connectivity index (χ1v) is 9.87. The summed E-state index contributed by atoms with van der Waals surface area (Å²) in [5.41, 5.74) is 1.31. The SMILES string of the molecule is CCCCCN1C(=O)C(SC(C)C)=C(c2ccc(OCC)cc2)C1=O. The van der Waals surface area contributed by atoms with E-state index in [0.717, 1.165) is 30.6 Å². The van der Waals surface area contributed by atoms with Crippen LogP contribution in [0.1, 0.15) is 52.5 Å². The minimum atomic E-state index is -0.173. The number of carbonyl (C=O) groups excluding carboxylic acids is 2. The van der Waals surface area contributed by atoms with Gasteiger partial charge in [-0.25, -0.2) is 0 Å². The Morgan fingerprint density at radius 2 is 1.72 bits per heavy atom. The third kappa shape index (κ3) is 4.66. The van der Waals surface area contributed by atoms with E-state index in [1.54, 1.807) is 0 Å². The minimum absolute atomic E-state index is 0.149. The Labute approximate surface area is 154 Å². The van der Waals surface area contributed by atoms with Crippen molar-refractivity contribution >= 4 is 29.1 Å². The number of nitrogens with zero attached hydrogens (tertiary/aromatic N) is 1. The zero-order chi connectivity index (χ0) is 18.4. The number of thioether (sulfide) groups is 1. The molecule has 0 N–H and O–H groups in total. The molecule has 0 fully saturated rings. The molecule has 25 heavy (non-hydrogen) atoms. The van der Waals surface area contributed by atoms with Crippen LogP contribution in [-0.2, 0) is 9.59 Å². The van der Waals surface area contributed by atoms with Gasteiger partial charge in [0.25, 0.3) is 11.8 Å². The topological polar surface area (TPSA) is 46.6 Å². The smallest absolute Gasteiger partial charge is 0.267 e. The number of unbranched alkanes of at least 4 members (excludes halogenated alkanes) is 2. The summed E-state index contributed by atoms with van der Waals surface area (Å²) in [6.45, 7) is 9.20. The molecular weight excluding hydrogens is 334 g/mol. The highest BCUT2D eigenvalue weighted by atomic mass is 32.2. The molecule has 0 saturated heterocycles. The number of rotatable bonds is 9. The second-order valence-electron chi connectivity index (χ2n) is 6.30. The summed E-state index contributed by atoms with van der Waals surface area (Å²) < 4.78 is 5.47. The predicted molar refractivity (Wildman–Crippen MR) is 104 cm³/mol. The summed E-state index contributed by atoms with van der Waals surface area (Å²) in [6, 6.07) is 7.42. The lowest BCUT2D eigenvalue weighted by Crippen LogP contribution is -2.32. The quantitative estimate of drug-likeness (QED) is 0.480. The normalized spacial score (nSPS) is 14.8. The van der Waals surface area contributed by atoms with Gasteiger partial charge in [-0.05, 0) is 31.0 Å². The molecule has 0 spiro atoms. The van der Waals surface area contributed by atoms with Gasteiger partial charge in [-0.1, -0.05) is 45.7 Å². The first-order chi connectivity index (χ1) is 12.0. The van der Waals surface area contributed by atoms with Crippen LogP contribution in [0.4, 0.5) is 0 Å². The summed E-state index contributed by atoms with van der Waals surface area (Å²) in [4.78, 5) is 27.7. The van der Waals surface area contributed by atoms with Crippen molar-refractivity contribution in [3.05, 3.63) is 34.7 Å². The van der Waals surface area contributed by atoms with Crippen LogP contribution in [0.2, 0.25) is 0 Å². The van der Waals surface area contributed by atoms with Crippen molar-refractivity contribution in [2.24, 2.45) is 0 Å². The van der Waals surface area contributed by atoms with Crippen molar-refractivity contribution in [2.45, 2.75) is 52.2 Å². The lowest BCUT2D eigenvalue weighted by molar-refractivity contribution is -0.136. The van der Waals surface area contributed by atoms with Gasteiger partial charge in [-0.3, -0.25) is 14.5 Å². The average Bonchev–Trinajstić information content (AvgIpc) is 2.80. The molecule has 2 amide bonds. The van der Waals surface area contributed by atoms with Crippen LogP contribution >= 0.6 is 11.8 Å². The van der Waals surface area contributed by atoms with Crippen molar-refractivity contribution in [1.82, 2.24) is 4.90 Å². The molecule has 4 nitrogen and oxygen atoms in total. The number of hydrogen-bond acceptors (Lipinski definition) is 4. The molecule has 1 aliphatic rings. The average molecular weight is 362 g/mol. The van der Waals surface area contributed by atoms with Crippen LogP contribution in [0.25, 0.3) is 5.57 Å². The molecule has 0 atom stereocenters. The van der Waals surface area contributed by atoms with Crippen molar-refractivity contribution in [3.63, 3.8) is 0 Å². The van der Waals surface area contributed by atoms with E-state index in [1.807, 2.05) is 45.0 Å². The fourth-order valence-corrected chi connectivity index (χ4v) is 3.77. The molecule has 0 radical (unpaired) electrons. The van der Waals surface area contributed by atoms with Gasteiger partial charge in [-0.2, -0.15) is 0 Å². The Kier molecular flexibility index (Phi) is 7.12. The summed E-state index contributed by atoms with van der Waals surface area (Å²) in [5.74, 6) is 0.443. The van der Waals surface area contributed by atoms with Crippen LogP contribution in [0, 0.1) is 0 Å². The maximum absolute atomic E-state index is 12.9. The van der Waals surface area contributed by atoms with Gasteiger partial charge < -0.3 is 4.74 Å². The first kappa shape index (κ1) is 19.6. The van der Waals surface area contributed by atoms with Crippen LogP contribution in [0.15, 0.2) is 29.2 Å². The van der Waals surface area contributed by atoms with Crippen molar-refractivity contribution in [3.8, 4) is 5.75 Å². The molecule has 1 aliphatic heterocycles. The highest BCUT2D eigenvalue weighted by Gasteiger charge is 2.39. The van der Waals surface area contributed by atoms with Crippen LogP contribution in [-0.4, -0.2) is 35.1 Å². The van der Waals surface area contributed by atoms with E-state index in [4.69, 9.17) is 4.74 Å². The highest BCUT2D eigenvalue weighted by Crippen LogP contribution is 2.38. The van der Waals surface area contributed by atoms with Crippen LogP contribution < -0.4 is 4.74 Å². The van der Waals surface area contributed by atoms with E-state index < -0.39 is 0 Å². The van der Waals surface area contributed by atoms with Crippen LogP contribution in [0.3, 0.4) is 0 Å². The van der Waals surface area contributed by atoms with Gasteiger partial charge in [0.05, 0.1) is 17.1 Å². The van der Waals surface area contributed by atoms with Crippen molar-refractivity contribution in [2.75, 3.05) is 13.2 Å². The zero-order valence-electron chi connectivity index (χ0n) is 15.5. The number of hydrogen-bond donors (Lipinski definition) is 0. The molecule has 0 saturated carbocycles. The Balaban J connectivity index is 2.33. The lowest BCUT2D eigenvalue weighted by atomic mass is 10.1. The van der Waals surface area contributed by atoms with E-state index in [-0.39, 0.29) is 17.1 Å². The van der Waals surface area contributed by atoms with E-state index in [2.05, 4.69) is 6.92 Å². The lowest BCUT2D eigenvalue weighted by Gasteiger charge is -2.15. The molecule has 0 unspecified atom stereocenters. The number of carbonyl (C=O) groups is 2. The molecule has 0 bridgehead atoms. The third-order valence-electron chi connectivity index (χ3n) is 3.92. The summed E-state index contributed by atoms with van der Waals surface area (Å²) in [6.07, 6.45) is 2.93. The molecule has 0 aliphatic carbocycles. The molecule has 0 aromatic heterocycles. The Bertz CT molecular complexity index is 649. The van der Waals surface area contributed by atoms with Gasteiger partial charge in [0.1, 0.15) is 5.75 Å². The molecule has 136 valence electrons. The highest BCUT2D eigenvalue weighted by molar-refractivity contribution is 8.04. The first-order valence-electron chi connectivity index (χ1n) is 8.99. The molecule has 5 heteroatoms. The molecule has 2 rings (SSSR count). The Morgan fingerprint density at radius 1 is 1.04 bits per heavy atom. The van der Waals surface area contributed by atoms with Crippen LogP contribution in [0.5, 0.6) is 5.75 Å². The maximum atomic E-state index is 12.9. The summed E-state index contributed by atoms with van der Waals surface area (Å²) >= 11 is 1.47. The van der Waals surface area contributed by atoms with Gasteiger partial charge >= 0.3 is 0 Å². The fourth-order valence-electron chi connectivity index (χ4n) is 2.76. The van der Waals surface area contributed by atoms with Gasteiger partial charge in [0.2, 0.25) is 0 Å².